The predicted molar refractivity (Wildman–Crippen MR) is 94.4 cm³/mol. The van der Waals surface area contributed by atoms with Crippen molar-refractivity contribution in [3.63, 3.8) is 0 Å². The molecule has 2 N–H and O–H groups in total. The van der Waals surface area contributed by atoms with Crippen molar-refractivity contribution < 1.29 is 9.69 Å². The molecule has 0 aliphatic carbocycles. The minimum absolute atomic E-state index is 0.0445. The predicted octanol–water partition coefficient (Wildman–Crippen LogP) is 2.25. The molecule has 110 valence electrons. The third-order valence-corrected chi connectivity index (χ3v) is 4.00. The number of benzene rings is 2. The maximum atomic E-state index is 12.1. The van der Waals surface area contributed by atoms with E-state index in [0.29, 0.717) is 6.54 Å². The van der Waals surface area contributed by atoms with Crippen molar-refractivity contribution in [1.82, 2.24) is 0 Å². The van der Waals surface area contributed by atoms with Crippen LogP contribution in [0.15, 0.2) is 48.5 Å². The lowest BCUT2D eigenvalue weighted by molar-refractivity contribution is -0.885. The molecule has 0 aromatic heterocycles. The van der Waals surface area contributed by atoms with Crippen LogP contribution in [-0.2, 0) is 11.3 Å². The van der Waals surface area contributed by atoms with Crippen LogP contribution in [0.1, 0.15) is 11.1 Å². The molecule has 0 saturated carbocycles. The van der Waals surface area contributed by atoms with Crippen LogP contribution in [0.3, 0.4) is 0 Å². The van der Waals surface area contributed by atoms with E-state index < -0.39 is 0 Å². The van der Waals surface area contributed by atoms with Crippen molar-refractivity contribution >= 4 is 34.2 Å². The SMILES string of the molecule is Cc1ccccc1C[NH+](C)CC(=O)Nc1cccc(I)c1. The molecule has 2 aromatic carbocycles. The molecule has 2 aromatic rings. The van der Waals surface area contributed by atoms with E-state index in [9.17, 15) is 4.79 Å². The van der Waals surface area contributed by atoms with Crippen molar-refractivity contribution in [3.05, 3.63) is 63.2 Å². The third-order valence-electron chi connectivity index (χ3n) is 3.32. The molecule has 0 fully saturated rings. The van der Waals surface area contributed by atoms with Crippen molar-refractivity contribution in [2.24, 2.45) is 0 Å². The normalized spacial score (nSPS) is 12.0. The Kier molecular flexibility index (Phi) is 5.76. The van der Waals surface area contributed by atoms with Gasteiger partial charge in [-0.1, -0.05) is 30.3 Å². The van der Waals surface area contributed by atoms with Gasteiger partial charge in [0.05, 0.1) is 7.05 Å². The van der Waals surface area contributed by atoms with Gasteiger partial charge in [-0.05, 0) is 53.3 Å². The number of hydrogen-bond donors (Lipinski definition) is 2. The molecule has 0 aliphatic heterocycles. The van der Waals surface area contributed by atoms with Crippen LogP contribution in [-0.4, -0.2) is 19.5 Å². The number of carbonyl (C=O) groups is 1. The molecule has 0 saturated heterocycles. The maximum absolute atomic E-state index is 12.1. The minimum atomic E-state index is 0.0445. The molecule has 1 amide bonds. The summed E-state index contributed by atoms with van der Waals surface area (Å²) in [6.07, 6.45) is 0. The first-order valence-electron chi connectivity index (χ1n) is 6.96. The molecular weight excluding hydrogens is 375 g/mol. The zero-order chi connectivity index (χ0) is 15.2. The minimum Gasteiger partial charge on any atom is -0.326 e. The third kappa shape index (κ3) is 5.13. The Hall–Kier alpha value is -1.40. The second-order valence-corrected chi connectivity index (χ2v) is 6.54. The Bertz CT molecular complexity index is 628. The lowest BCUT2D eigenvalue weighted by Gasteiger charge is -2.15. The average Bonchev–Trinajstić information content (AvgIpc) is 2.41. The van der Waals surface area contributed by atoms with Gasteiger partial charge in [0.1, 0.15) is 6.54 Å². The van der Waals surface area contributed by atoms with Crippen LogP contribution in [0.5, 0.6) is 0 Å². The summed E-state index contributed by atoms with van der Waals surface area (Å²) in [5, 5.41) is 2.95. The molecule has 0 heterocycles. The smallest absolute Gasteiger partial charge is 0.279 e. The molecule has 2 rings (SSSR count). The molecule has 0 spiro atoms. The Morgan fingerprint density at radius 2 is 1.95 bits per heavy atom. The fourth-order valence-electron chi connectivity index (χ4n) is 2.24. The largest absolute Gasteiger partial charge is 0.326 e. The molecule has 0 radical (unpaired) electrons. The number of anilines is 1. The number of aryl methyl sites for hydroxylation is 1. The van der Waals surface area contributed by atoms with E-state index in [4.69, 9.17) is 0 Å². The van der Waals surface area contributed by atoms with E-state index in [-0.39, 0.29) is 5.91 Å². The van der Waals surface area contributed by atoms with Crippen LogP contribution in [0.25, 0.3) is 0 Å². The Morgan fingerprint density at radius 3 is 2.67 bits per heavy atom. The van der Waals surface area contributed by atoms with Crippen LogP contribution in [0, 0.1) is 10.5 Å². The molecule has 1 atom stereocenters. The Labute approximate surface area is 139 Å². The van der Waals surface area contributed by atoms with E-state index in [1.807, 2.05) is 43.4 Å². The van der Waals surface area contributed by atoms with Gasteiger partial charge in [-0.15, -0.1) is 0 Å². The zero-order valence-corrected chi connectivity index (χ0v) is 14.5. The summed E-state index contributed by atoms with van der Waals surface area (Å²) < 4.78 is 1.12. The highest BCUT2D eigenvalue weighted by Crippen LogP contribution is 2.11. The number of rotatable bonds is 5. The van der Waals surface area contributed by atoms with Crippen molar-refractivity contribution in [1.29, 1.82) is 0 Å². The highest BCUT2D eigenvalue weighted by atomic mass is 127. The van der Waals surface area contributed by atoms with Gasteiger partial charge in [0, 0.05) is 14.8 Å². The second kappa shape index (κ2) is 7.56. The monoisotopic (exact) mass is 395 g/mol. The van der Waals surface area contributed by atoms with E-state index in [1.165, 1.54) is 16.0 Å². The molecule has 0 bridgehead atoms. The van der Waals surface area contributed by atoms with Crippen LogP contribution in [0.2, 0.25) is 0 Å². The number of nitrogens with one attached hydrogen (secondary N) is 2. The summed E-state index contributed by atoms with van der Waals surface area (Å²) in [6, 6.07) is 16.1. The number of hydrogen-bond acceptors (Lipinski definition) is 1. The van der Waals surface area contributed by atoms with Gasteiger partial charge in [-0.2, -0.15) is 0 Å². The Balaban J connectivity index is 1.89. The Morgan fingerprint density at radius 1 is 1.19 bits per heavy atom. The number of quaternary nitrogens is 1. The van der Waals surface area contributed by atoms with Crippen LogP contribution in [0.4, 0.5) is 5.69 Å². The van der Waals surface area contributed by atoms with Gasteiger partial charge in [-0.3, -0.25) is 4.79 Å². The molecule has 1 unspecified atom stereocenters. The summed E-state index contributed by atoms with van der Waals surface area (Å²) in [4.78, 5) is 13.2. The zero-order valence-electron chi connectivity index (χ0n) is 12.3. The van der Waals surface area contributed by atoms with E-state index >= 15 is 0 Å². The quantitative estimate of drug-likeness (QED) is 0.749. The fraction of sp³-hybridized carbons (Fsp3) is 0.235. The summed E-state index contributed by atoms with van der Waals surface area (Å²) in [7, 11) is 2.04. The number of amides is 1. The standard InChI is InChI=1S/C17H19IN2O/c1-13-6-3-4-7-14(13)11-20(2)12-17(21)19-16-9-5-8-15(18)10-16/h3-10H,11-12H2,1-2H3,(H,19,21)/p+1. The summed E-state index contributed by atoms with van der Waals surface area (Å²) in [6.45, 7) is 3.42. The first-order valence-corrected chi connectivity index (χ1v) is 8.03. The number of likely N-dealkylation sites (N-methyl/N-ethyl adjacent to an activating group) is 1. The molecule has 4 heteroatoms. The van der Waals surface area contributed by atoms with Gasteiger partial charge in [0.2, 0.25) is 0 Å². The van der Waals surface area contributed by atoms with E-state index in [1.54, 1.807) is 0 Å². The molecule has 21 heavy (non-hydrogen) atoms. The first kappa shape index (κ1) is 16.0. The maximum Gasteiger partial charge on any atom is 0.279 e. The summed E-state index contributed by atoms with van der Waals surface area (Å²) in [5.74, 6) is 0.0445. The van der Waals surface area contributed by atoms with Crippen molar-refractivity contribution in [2.75, 3.05) is 18.9 Å². The van der Waals surface area contributed by atoms with Crippen LogP contribution >= 0.6 is 22.6 Å². The van der Waals surface area contributed by atoms with Gasteiger partial charge >= 0.3 is 0 Å². The van der Waals surface area contributed by atoms with Gasteiger partial charge in [0.15, 0.2) is 6.54 Å². The first-order chi connectivity index (χ1) is 10.0. The van der Waals surface area contributed by atoms with Crippen molar-refractivity contribution in [2.45, 2.75) is 13.5 Å². The fourth-order valence-corrected chi connectivity index (χ4v) is 2.78. The van der Waals surface area contributed by atoms with E-state index in [0.717, 1.165) is 15.8 Å². The van der Waals surface area contributed by atoms with E-state index in [2.05, 4.69) is 47.0 Å². The second-order valence-electron chi connectivity index (χ2n) is 5.30. The molecule has 3 nitrogen and oxygen atoms in total. The van der Waals surface area contributed by atoms with Gasteiger partial charge in [-0.25, -0.2) is 0 Å². The van der Waals surface area contributed by atoms with Gasteiger partial charge < -0.3 is 10.2 Å². The van der Waals surface area contributed by atoms with Gasteiger partial charge in [0.25, 0.3) is 5.91 Å². The highest BCUT2D eigenvalue weighted by Gasteiger charge is 2.11. The summed E-state index contributed by atoms with van der Waals surface area (Å²) >= 11 is 2.24. The lowest BCUT2D eigenvalue weighted by atomic mass is 10.1. The van der Waals surface area contributed by atoms with Crippen molar-refractivity contribution in [3.8, 4) is 0 Å². The lowest BCUT2D eigenvalue weighted by Crippen LogP contribution is -3.08. The topological polar surface area (TPSA) is 33.5 Å². The average molecular weight is 395 g/mol. The summed E-state index contributed by atoms with van der Waals surface area (Å²) in [5.41, 5.74) is 3.42. The molecule has 0 aliphatic rings. The molecular formula is C17H20IN2O+. The number of carbonyl (C=O) groups excluding carboxylic acids is 1. The number of halogens is 1. The highest BCUT2D eigenvalue weighted by molar-refractivity contribution is 14.1. The van der Waals surface area contributed by atoms with Crippen LogP contribution < -0.4 is 10.2 Å².